The van der Waals surface area contributed by atoms with Crippen molar-refractivity contribution in [3.8, 4) is 5.75 Å². The summed E-state index contributed by atoms with van der Waals surface area (Å²) in [4.78, 5) is 12.4. The maximum Gasteiger partial charge on any atom is 0.387 e. The molecule has 3 aromatic rings. The predicted molar refractivity (Wildman–Crippen MR) is 81.9 cm³/mol. The van der Waals surface area contributed by atoms with Crippen LogP contribution in [0.5, 0.6) is 5.75 Å². The fourth-order valence-corrected chi connectivity index (χ4v) is 2.35. The lowest BCUT2D eigenvalue weighted by Gasteiger charge is -2.14. The number of nitrogens with one attached hydrogen (secondary N) is 1. The molecule has 0 bridgehead atoms. The lowest BCUT2D eigenvalue weighted by Crippen LogP contribution is -2.28. The summed E-state index contributed by atoms with van der Waals surface area (Å²) in [5, 5.41) is 10.8. The van der Waals surface area contributed by atoms with Gasteiger partial charge in [-0.15, -0.1) is 10.2 Å². The van der Waals surface area contributed by atoms with Crippen LogP contribution in [0.2, 0.25) is 0 Å². The number of pyridine rings is 1. The van der Waals surface area contributed by atoms with E-state index in [2.05, 4.69) is 20.3 Å². The van der Waals surface area contributed by atoms with Crippen molar-refractivity contribution in [1.82, 2.24) is 19.9 Å². The molecule has 6 nitrogen and oxygen atoms in total. The number of amides is 1. The average molecular weight is 332 g/mol. The molecule has 2 aromatic heterocycles. The van der Waals surface area contributed by atoms with Crippen LogP contribution in [0.1, 0.15) is 29.1 Å². The molecule has 1 amide bonds. The minimum Gasteiger partial charge on any atom is -0.434 e. The maximum atomic E-state index is 12.4. The van der Waals surface area contributed by atoms with Crippen LogP contribution in [0.4, 0.5) is 8.78 Å². The summed E-state index contributed by atoms with van der Waals surface area (Å²) in [5.74, 6) is -0.180. The Morgan fingerprint density at radius 3 is 2.71 bits per heavy atom. The summed E-state index contributed by atoms with van der Waals surface area (Å²) in [7, 11) is 0. The molecule has 0 saturated carbocycles. The number of benzene rings is 1. The van der Waals surface area contributed by atoms with Gasteiger partial charge in [0.15, 0.2) is 11.5 Å². The Morgan fingerprint density at radius 2 is 1.92 bits per heavy atom. The molecule has 0 saturated heterocycles. The molecule has 1 atom stereocenters. The number of aromatic nitrogens is 3. The van der Waals surface area contributed by atoms with Gasteiger partial charge in [-0.3, -0.25) is 9.20 Å². The number of carbonyl (C=O) groups excluding carboxylic acids is 1. The molecule has 0 spiro atoms. The van der Waals surface area contributed by atoms with E-state index in [1.165, 1.54) is 18.2 Å². The number of halogens is 2. The first-order valence-electron chi connectivity index (χ1n) is 7.20. The van der Waals surface area contributed by atoms with Gasteiger partial charge >= 0.3 is 6.61 Å². The topological polar surface area (TPSA) is 68.5 Å². The van der Waals surface area contributed by atoms with Crippen molar-refractivity contribution in [2.75, 3.05) is 0 Å². The van der Waals surface area contributed by atoms with E-state index in [1.54, 1.807) is 29.7 Å². The van der Waals surface area contributed by atoms with Gasteiger partial charge in [0.25, 0.3) is 5.91 Å². The first-order valence-corrected chi connectivity index (χ1v) is 7.20. The van der Waals surface area contributed by atoms with Crippen molar-refractivity contribution in [2.24, 2.45) is 0 Å². The van der Waals surface area contributed by atoms with E-state index in [1.807, 2.05) is 12.1 Å². The summed E-state index contributed by atoms with van der Waals surface area (Å²) in [6.07, 6.45) is 1.78. The Labute approximate surface area is 136 Å². The normalized spacial score (nSPS) is 12.3. The van der Waals surface area contributed by atoms with E-state index in [9.17, 15) is 13.6 Å². The highest BCUT2D eigenvalue weighted by atomic mass is 19.3. The number of ether oxygens (including phenoxy) is 1. The largest absolute Gasteiger partial charge is 0.434 e. The monoisotopic (exact) mass is 332 g/mol. The molecule has 8 heteroatoms. The van der Waals surface area contributed by atoms with Gasteiger partial charge in [0.05, 0.1) is 11.6 Å². The minimum atomic E-state index is -3.00. The van der Waals surface area contributed by atoms with E-state index in [0.717, 1.165) is 0 Å². The summed E-state index contributed by atoms with van der Waals surface area (Å²) < 4.78 is 31.0. The third-order valence-corrected chi connectivity index (χ3v) is 3.42. The molecule has 1 aromatic carbocycles. The Bertz CT molecular complexity index is 866. The summed E-state index contributed by atoms with van der Waals surface area (Å²) in [5.41, 5.74) is 0.675. The SMILES string of the molecule is CC(NC(=O)c1ccccc1OC(F)F)c1nnc2ccccn12. The van der Waals surface area contributed by atoms with E-state index in [-0.39, 0.29) is 11.3 Å². The summed E-state index contributed by atoms with van der Waals surface area (Å²) in [6.45, 7) is -1.27. The van der Waals surface area contributed by atoms with Crippen LogP contribution < -0.4 is 10.1 Å². The third kappa shape index (κ3) is 3.17. The van der Waals surface area contributed by atoms with Crippen molar-refractivity contribution in [1.29, 1.82) is 0 Å². The number of hydrogen-bond donors (Lipinski definition) is 1. The van der Waals surface area contributed by atoms with E-state index < -0.39 is 18.6 Å². The molecule has 0 aliphatic rings. The number of alkyl halides is 2. The Kier molecular flexibility index (Phi) is 4.37. The van der Waals surface area contributed by atoms with E-state index in [0.29, 0.717) is 11.5 Å². The molecular formula is C16H14F2N4O2. The van der Waals surface area contributed by atoms with Crippen LogP contribution in [-0.2, 0) is 0 Å². The van der Waals surface area contributed by atoms with Crippen molar-refractivity contribution in [3.63, 3.8) is 0 Å². The molecule has 3 rings (SSSR count). The van der Waals surface area contributed by atoms with Gasteiger partial charge in [0.2, 0.25) is 0 Å². The van der Waals surface area contributed by atoms with Crippen LogP contribution >= 0.6 is 0 Å². The molecule has 0 radical (unpaired) electrons. The molecule has 124 valence electrons. The molecule has 1 unspecified atom stereocenters. The highest BCUT2D eigenvalue weighted by Crippen LogP contribution is 2.21. The first kappa shape index (κ1) is 15.9. The number of hydrogen-bond acceptors (Lipinski definition) is 4. The van der Waals surface area contributed by atoms with Crippen molar-refractivity contribution < 1.29 is 18.3 Å². The lowest BCUT2D eigenvalue weighted by molar-refractivity contribution is -0.0501. The van der Waals surface area contributed by atoms with Crippen molar-refractivity contribution >= 4 is 11.6 Å². The highest BCUT2D eigenvalue weighted by molar-refractivity contribution is 5.97. The number of para-hydroxylation sites is 1. The fourth-order valence-electron chi connectivity index (χ4n) is 2.35. The molecule has 0 aliphatic heterocycles. The van der Waals surface area contributed by atoms with Gasteiger partial charge in [0.1, 0.15) is 5.75 Å². The van der Waals surface area contributed by atoms with Crippen LogP contribution in [0.3, 0.4) is 0 Å². The zero-order valence-corrected chi connectivity index (χ0v) is 12.7. The zero-order chi connectivity index (χ0) is 17.1. The van der Waals surface area contributed by atoms with Gasteiger partial charge in [0, 0.05) is 6.20 Å². The summed E-state index contributed by atoms with van der Waals surface area (Å²) >= 11 is 0. The Morgan fingerprint density at radius 1 is 1.17 bits per heavy atom. The standard InChI is InChI=1S/C16H14F2N4O2/c1-10(14-21-20-13-8-4-5-9-22(13)14)19-15(23)11-6-2-3-7-12(11)24-16(17)18/h2-10,16H,1H3,(H,19,23). The second-order valence-corrected chi connectivity index (χ2v) is 5.06. The number of rotatable bonds is 5. The number of nitrogens with zero attached hydrogens (tertiary/aromatic N) is 3. The molecule has 0 fully saturated rings. The second kappa shape index (κ2) is 6.61. The number of fused-ring (bicyclic) bond motifs is 1. The number of carbonyl (C=O) groups is 1. The van der Waals surface area contributed by atoms with Gasteiger partial charge < -0.3 is 10.1 Å². The Balaban J connectivity index is 1.82. The third-order valence-electron chi connectivity index (χ3n) is 3.42. The van der Waals surface area contributed by atoms with E-state index in [4.69, 9.17) is 0 Å². The first-order chi connectivity index (χ1) is 11.6. The zero-order valence-electron chi connectivity index (χ0n) is 12.7. The van der Waals surface area contributed by atoms with Crippen molar-refractivity contribution in [2.45, 2.75) is 19.6 Å². The van der Waals surface area contributed by atoms with Gasteiger partial charge in [-0.05, 0) is 31.2 Å². The smallest absolute Gasteiger partial charge is 0.387 e. The molecule has 0 aliphatic carbocycles. The quantitative estimate of drug-likeness (QED) is 0.780. The second-order valence-electron chi connectivity index (χ2n) is 5.06. The lowest BCUT2D eigenvalue weighted by atomic mass is 10.1. The highest BCUT2D eigenvalue weighted by Gasteiger charge is 2.20. The van der Waals surface area contributed by atoms with E-state index >= 15 is 0 Å². The van der Waals surface area contributed by atoms with Crippen LogP contribution in [0, 0.1) is 0 Å². The van der Waals surface area contributed by atoms with Crippen LogP contribution in [-0.4, -0.2) is 27.1 Å². The minimum absolute atomic E-state index is 0.0264. The van der Waals surface area contributed by atoms with Crippen LogP contribution in [0.25, 0.3) is 5.65 Å². The van der Waals surface area contributed by atoms with Gasteiger partial charge in [-0.25, -0.2) is 0 Å². The van der Waals surface area contributed by atoms with Crippen molar-refractivity contribution in [3.05, 3.63) is 60.0 Å². The average Bonchev–Trinajstić information content (AvgIpc) is 2.98. The maximum absolute atomic E-state index is 12.4. The fraction of sp³-hybridized carbons (Fsp3) is 0.188. The summed E-state index contributed by atoms with van der Waals surface area (Å²) in [6, 6.07) is 10.8. The molecular weight excluding hydrogens is 318 g/mol. The molecule has 1 N–H and O–H groups in total. The van der Waals surface area contributed by atoms with Gasteiger partial charge in [-0.2, -0.15) is 8.78 Å². The predicted octanol–water partition coefficient (Wildman–Crippen LogP) is 2.82. The van der Waals surface area contributed by atoms with Crippen LogP contribution in [0.15, 0.2) is 48.7 Å². The molecule has 2 heterocycles. The Hall–Kier alpha value is -3.03. The van der Waals surface area contributed by atoms with Gasteiger partial charge in [-0.1, -0.05) is 18.2 Å². The molecule has 24 heavy (non-hydrogen) atoms.